The van der Waals surface area contributed by atoms with Gasteiger partial charge in [0, 0.05) is 35.2 Å². The minimum atomic E-state index is -4.37. The van der Waals surface area contributed by atoms with Crippen LogP contribution < -0.4 is 0 Å². The van der Waals surface area contributed by atoms with Crippen LogP contribution >= 0.6 is 11.8 Å². The minimum Gasteiger partial charge on any atom is -0.252 e. The van der Waals surface area contributed by atoms with Gasteiger partial charge in [0.15, 0.2) is 0 Å². The van der Waals surface area contributed by atoms with Gasteiger partial charge in [0.1, 0.15) is 22.0 Å². The number of aromatic nitrogens is 4. The molecule has 140 valence electrons. The molecule has 0 radical (unpaired) electrons. The Labute approximate surface area is 162 Å². The zero-order valence-corrected chi connectivity index (χ0v) is 15.1. The molecule has 0 N–H and O–H groups in total. The highest BCUT2D eigenvalue weighted by Crippen LogP contribution is 2.46. The van der Waals surface area contributed by atoms with Crippen LogP contribution in [0.3, 0.4) is 0 Å². The van der Waals surface area contributed by atoms with E-state index in [9.17, 15) is 18.4 Å². The van der Waals surface area contributed by atoms with Crippen LogP contribution in [0.5, 0.6) is 0 Å². The number of rotatable bonds is 4. The van der Waals surface area contributed by atoms with Gasteiger partial charge in [-0.05, 0) is 37.1 Å². The van der Waals surface area contributed by atoms with Gasteiger partial charge >= 0.3 is 6.18 Å². The van der Waals surface area contributed by atoms with Crippen LogP contribution in [0, 0.1) is 11.3 Å². The summed E-state index contributed by atoms with van der Waals surface area (Å²) in [5.41, 5.74) is -0.119. The van der Waals surface area contributed by atoms with Gasteiger partial charge in [-0.25, -0.2) is 15.0 Å². The van der Waals surface area contributed by atoms with E-state index in [4.69, 9.17) is 0 Å². The van der Waals surface area contributed by atoms with E-state index in [1.54, 1.807) is 12.4 Å². The van der Waals surface area contributed by atoms with Gasteiger partial charge < -0.3 is 0 Å². The maximum absolute atomic E-state index is 12.7. The first kappa shape index (κ1) is 18.4. The van der Waals surface area contributed by atoms with Crippen molar-refractivity contribution in [3.05, 3.63) is 60.4 Å². The molecule has 0 aliphatic heterocycles. The minimum absolute atomic E-state index is 0.500. The average Bonchev–Trinajstić information content (AvgIpc) is 3.50. The molecule has 0 saturated heterocycles. The standard InChI is InChI=1S/C19H12F3N5S/c20-19(21,22)13-1-3-14(4-2-13)28-16-15(24-7-8-25-16)12-9-26-17(27-10-12)18(11-23)5-6-18/h1-4,7-10H,5-6H2. The van der Waals surface area contributed by atoms with Crippen molar-refractivity contribution in [2.24, 2.45) is 0 Å². The van der Waals surface area contributed by atoms with Crippen molar-refractivity contribution in [1.29, 1.82) is 5.26 Å². The number of halogens is 3. The molecule has 1 saturated carbocycles. The molecule has 0 spiro atoms. The zero-order chi connectivity index (χ0) is 19.8. The summed E-state index contributed by atoms with van der Waals surface area (Å²) < 4.78 is 38.1. The predicted molar refractivity (Wildman–Crippen MR) is 95.2 cm³/mol. The summed E-state index contributed by atoms with van der Waals surface area (Å²) in [6.45, 7) is 0. The van der Waals surface area contributed by atoms with Gasteiger partial charge in [0.25, 0.3) is 0 Å². The SMILES string of the molecule is N#CC1(c2ncc(-c3nccnc3Sc3ccc(C(F)(F)F)cc3)cn2)CC1. The van der Waals surface area contributed by atoms with E-state index in [1.807, 2.05) is 0 Å². The molecule has 0 atom stereocenters. The summed E-state index contributed by atoms with van der Waals surface area (Å²) in [6, 6.07) is 7.12. The third-order valence-corrected chi connectivity index (χ3v) is 5.38. The van der Waals surface area contributed by atoms with Crippen molar-refractivity contribution >= 4 is 11.8 Å². The molecule has 2 heterocycles. The molecule has 3 aromatic rings. The second kappa shape index (κ2) is 6.87. The summed E-state index contributed by atoms with van der Waals surface area (Å²) >= 11 is 1.21. The fourth-order valence-electron chi connectivity index (χ4n) is 2.63. The summed E-state index contributed by atoms with van der Waals surface area (Å²) in [7, 11) is 0. The largest absolute Gasteiger partial charge is 0.416 e. The molecule has 0 bridgehead atoms. The maximum atomic E-state index is 12.7. The Morgan fingerprint density at radius 2 is 1.61 bits per heavy atom. The van der Waals surface area contributed by atoms with Crippen molar-refractivity contribution in [1.82, 2.24) is 19.9 Å². The summed E-state index contributed by atoms with van der Waals surface area (Å²) in [5.74, 6) is 0.500. The van der Waals surface area contributed by atoms with E-state index in [0.29, 0.717) is 27.0 Å². The van der Waals surface area contributed by atoms with Crippen molar-refractivity contribution in [3.8, 4) is 17.3 Å². The predicted octanol–water partition coefficient (Wildman–Crippen LogP) is 4.66. The number of nitrogens with zero attached hydrogens (tertiary/aromatic N) is 5. The Morgan fingerprint density at radius 1 is 0.964 bits per heavy atom. The van der Waals surface area contributed by atoms with Crippen molar-refractivity contribution in [3.63, 3.8) is 0 Å². The molecule has 0 amide bonds. The normalized spacial score (nSPS) is 15.1. The molecule has 9 heteroatoms. The molecule has 1 aromatic carbocycles. The highest BCUT2D eigenvalue weighted by molar-refractivity contribution is 7.99. The number of hydrogen-bond donors (Lipinski definition) is 0. The Balaban J connectivity index is 1.60. The molecular formula is C19H12F3N5S. The zero-order valence-electron chi connectivity index (χ0n) is 14.3. The lowest BCUT2D eigenvalue weighted by Gasteiger charge is -2.10. The quantitative estimate of drug-likeness (QED) is 0.635. The molecule has 1 aliphatic carbocycles. The van der Waals surface area contributed by atoms with Gasteiger partial charge in [-0.2, -0.15) is 18.4 Å². The Morgan fingerprint density at radius 3 is 2.18 bits per heavy atom. The number of hydrogen-bond acceptors (Lipinski definition) is 6. The first-order chi connectivity index (χ1) is 13.4. The molecule has 0 unspecified atom stereocenters. The lowest BCUT2D eigenvalue weighted by Crippen LogP contribution is -2.08. The monoisotopic (exact) mass is 399 g/mol. The van der Waals surface area contributed by atoms with Crippen molar-refractivity contribution < 1.29 is 13.2 Å². The first-order valence-corrected chi connectivity index (χ1v) is 9.13. The summed E-state index contributed by atoms with van der Waals surface area (Å²) in [6.07, 6.45) is 3.37. The Hall–Kier alpha value is -2.99. The number of benzene rings is 1. The molecule has 1 aliphatic rings. The molecule has 2 aromatic heterocycles. The van der Waals surface area contributed by atoms with E-state index < -0.39 is 17.2 Å². The average molecular weight is 399 g/mol. The van der Waals surface area contributed by atoms with E-state index >= 15 is 0 Å². The molecule has 1 fully saturated rings. The van der Waals surface area contributed by atoms with Gasteiger partial charge in [-0.1, -0.05) is 11.8 Å². The Bertz CT molecular complexity index is 1040. The first-order valence-electron chi connectivity index (χ1n) is 8.32. The molecule has 5 nitrogen and oxygen atoms in total. The highest BCUT2D eigenvalue weighted by Gasteiger charge is 2.47. The van der Waals surface area contributed by atoms with Crippen LogP contribution in [0.4, 0.5) is 13.2 Å². The molecular weight excluding hydrogens is 387 g/mol. The van der Waals surface area contributed by atoms with Crippen LogP contribution in [0.1, 0.15) is 24.2 Å². The van der Waals surface area contributed by atoms with Crippen molar-refractivity contribution in [2.75, 3.05) is 0 Å². The fourth-order valence-corrected chi connectivity index (χ4v) is 3.51. The third-order valence-electron chi connectivity index (χ3n) is 4.38. The highest BCUT2D eigenvalue weighted by atomic mass is 32.2. The smallest absolute Gasteiger partial charge is 0.252 e. The lowest BCUT2D eigenvalue weighted by molar-refractivity contribution is -0.137. The van der Waals surface area contributed by atoms with Crippen molar-refractivity contribution in [2.45, 2.75) is 34.4 Å². The van der Waals surface area contributed by atoms with Gasteiger partial charge in [0.05, 0.1) is 11.6 Å². The Kier molecular flexibility index (Phi) is 4.51. The van der Waals surface area contributed by atoms with Gasteiger partial charge in [0.2, 0.25) is 0 Å². The van der Waals surface area contributed by atoms with Crippen LogP contribution in [0.25, 0.3) is 11.3 Å². The topological polar surface area (TPSA) is 75.3 Å². The van der Waals surface area contributed by atoms with Crippen LogP contribution in [-0.2, 0) is 11.6 Å². The lowest BCUT2D eigenvalue weighted by atomic mass is 10.1. The third kappa shape index (κ3) is 3.55. The van der Waals surface area contributed by atoms with Gasteiger partial charge in [-0.15, -0.1) is 0 Å². The number of alkyl halides is 3. The fraction of sp³-hybridized carbons (Fsp3) is 0.211. The van der Waals surface area contributed by atoms with Crippen LogP contribution in [0.2, 0.25) is 0 Å². The van der Waals surface area contributed by atoms with E-state index in [1.165, 1.54) is 36.3 Å². The second-order valence-corrected chi connectivity index (χ2v) is 7.39. The van der Waals surface area contributed by atoms with E-state index in [0.717, 1.165) is 25.0 Å². The molecule has 28 heavy (non-hydrogen) atoms. The second-order valence-electron chi connectivity index (χ2n) is 6.32. The number of nitriles is 1. The van der Waals surface area contributed by atoms with Crippen LogP contribution in [-0.4, -0.2) is 19.9 Å². The van der Waals surface area contributed by atoms with E-state index in [-0.39, 0.29) is 0 Å². The molecule has 4 rings (SSSR count). The maximum Gasteiger partial charge on any atom is 0.416 e. The van der Waals surface area contributed by atoms with Crippen LogP contribution in [0.15, 0.2) is 59.0 Å². The van der Waals surface area contributed by atoms with E-state index in [2.05, 4.69) is 26.0 Å². The summed E-state index contributed by atoms with van der Waals surface area (Å²) in [4.78, 5) is 17.8. The van der Waals surface area contributed by atoms with Gasteiger partial charge in [-0.3, -0.25) is 4.98 Å². The summed E-state index contributed by atoms with van der Waals surface area (Å²) in [5, 5.41) is 9.78.